The molecular formula is C14H26N4O. The molecule has 1 amide bonds. The Morgan fingerprint density at radius 2 is 2.21 bits per heavy atom. The largest absolute Gasteiger partial charge is 0.347 e. The zero-order valence-corrected chi connectivity index (χ0v) is 12.6. The van der Waals surface area contributed by atoms with Gasteiger partial charge >= 0.3 is 0 Å². The van der Waals surface area contributed by atoms with Gasteiger partial charge in [-0.15, -0.1) is 0 Å². The van der Waals surface area contributed by atoms with E-state index in [1.807, 2.05) is 13.8 Å². The zero-order chi connectivity index (χ0) is 14.5. The van der Waals surface area contributed by atoms with E-state index in [0.717, 1.165) is 39.0 Å². The lowest BCUT2D eigenvalue weighted by atomic mass is 9.89. The number of nitrogens with one attached hydrogen (secondary N) is 1. The molecule has 19 heavy (non-hydrogen) atoms. The topological polar surface area (TPSA) is 59.4 Å². The van der Waals surface area contributed by atoms with Crippen LogP contribution >= 0.6 is 0 Å². The minimum atomic E-state index is -0.269. The first-order valence-corrected chi connectivity index (χ1v) is 6.94. The van der Waals surface area contributed by atoms with Crippen molar-refractivity contribution in [2.75, 3.05) is 40.3 Å². The number of rotatable bonds is 5. The van der Waals surface area contributed by atoms with Gasteiger partial charge in [0, 0.05) is 33.7 Å². The van der Waals surface area contributed by atoms with Gasteiger partial charge < -0.3 is 10.2 Å². The van der Waals surface area contributed by atoms with E-state index in [1.165, 1.54) is 0 Å². The van der Waals surface area contributed by atoms with Crippen LogP contribution in [0.3, 0.4) is 0 Å². The van der Waals surface area contributed by atoms with Gasteiger partial charge in [-0.05, 0) is 33.2 Å². The summed E-state index contributed by atoms with van der Waals surface area (Å²) in [5.74, 6) is 0.159. The summed E-state index contributed by atoms with van der Waals surface area (Å²) in [6, 6.07) is 2.26. The van der Waals surface area contributed by atoms with E-state index in [0.29, 0.717) is 0 Å². The van der Waals surface area contributed by atoms with Crippen molar-refractivity contribution in [3.05, 3.63) is 0 Å². The highest BCUT2D eigenvalue weighted by atomic mass is 16.2. The van der Waals surface area contributed by atoms with Crippen molar-refractivity contribution in [3.8, 4) is 6.07 Å². The highest BCUT2D eigenvalue weighted by molar-refractivity contribution is 5.81. The quantitative estimate of drug-likeness (QED) is 0.795. The monoisotopic (exact) mass is 266 g/mol. The summed E-state index contributed by atoms with van der Waals surface area (Å²) in [5.41, 5.74) is -0.269. The second-order valence-corrected chi connectivity index (χ2v) is 6.09. The van der Waals surface area contributed by atoms with Crippen LogP contribution in [0.4, 0.5) is 0 Å². The van der Waals surface area contributed by atoms with E-state index >= 15 is 0 Å². The minimum absolute atomic E-state index is 0.0612. The van der Waals surface area contributed by atoms with Crippen molar-refractivity contribution < 1.29 is 4.79 Å². The summed E-state index contributed by atoms with van der Waals surface area (Å²) in [4.78, 5) is 16.0. The normalized spacial score (nSPS) is 20.9. The first kappa shape index (κ1) is 15.9. The Kier molecular flexibility index (Phi) is 5.77. The molecule has 1 aliphatic heterocycles. The lowest BCUT2D eigenvalue weighted by Crippen LogP contribution is -2.57. The standard InChI is InChI=1S/C14H26N4O/c1-14(2,11-15)6-5-8-18-9-7-16-10-12(18)13(19)17(3)4/h12,16H,5-10H2,1-4H3. The summed E-state index contributed by atoms with van der Waals surface area (Å²) < 4.78 is 0. The van der Waals surface area contributed by atoms with Crippen molar-refractivity contribution in [3.63, 3.8) is 0 Å². The lowest BCUT2D eigenvalue weighted by molar-refractivity contribution is -0.135. The number of piperazine rings is 1. The van der Waals surface area contributed by atoms with Crippen LogP contribution < -0.4 is 5.32 Å². The molecule has 108 valence electrons. The van der Waals surface area contributed by atoms with Gasteiger partial charge in [-0.3, -0.25) is 9.69 Å². The van der Waals surface area contributed by atoms with Crippen LogP contribution in [0.2, 0.25) is 0 Å². The molecule has 0 spiro atoms. The summed E-state index contributed by atoms with van der Waals surface area (Å²) in [6.45, 7) is 7.37. The van der Waals surface area contributed by atoms with Gasteiger partial charge in [-0.25, -0.2) is 0 Å². The Morgan fingerprint density at radius 3 is 2.79 bits per heavy atom. The predicted octanol–water partition coefficient (Wildman–Crippen LogP) is 0.678. The second-order valence-electron chi connectivity index (χ2n) is 6.09. The number of carbonyl (C=O) groups excluding carboxylic acids is 1. The fourth-order valence-electron chi connectivity index (χ4n) is 2.34. The second kappa shape index (κ2) is 6.88. The molecular weight excluding hydrogens is 240 g/mol. The average Bonchev–Trinajstić information content (AvgIpc) is 2.38. The van der Waals surface area contributed by atoms with Gasteiger partial charge in [-0.1, -0.05) is 0 Å². The lowest BCUT2D eigenvalue weighted by Gasteiger charge is -2.36. The molecule has 1 saturated heterocycles. The molecule has 0 bridgehead atoms. The number of amides is 1. The van der Waals surface area contributed by atoms with Crippen LogP contribution in [0.25, 0.3) is 0 Å². The van der Waals surface area contributed by atoms with Crippen molar-refractivity contribution in [1.29, 1.82) is 5.26 Å². The number of carbonyl (C=O) groups is 1. The number of nitrogens with zero attached hydrogens (tertiary/aromatic N) is 3. The number of likely N-dealkylation sites (N-methyl/N-ethyl adjacent to an activating group) is 1. The van der Waals surface area contributed by atoms with Crippen molar-refractivity contribution in [2.45, 2.75) is 32.7 Å². The Balaban J connectivity index is 2.50. The molecule has 0 aromatic carbocycles. The number of nitriles is 1. The first-order chi connectivity index (χ1) is 8.87. The molecule has 1 rings (SSSR count). The number of hydrogen-bond donors (Lipinski definition) is 1. The molecule has 5 nitrogen and oxygen atoms in total. The van der Waals surface area contributed by atoms with Gasteiger partial charge in [-0.2, -0.15) is 5.26 Å². The molecule has 1 unspecified atom stereocenters. The average molecular weight is 266 g/mol. The van der Waals surface area contributed by atoms with Crippen LogP contribution in [-0.2, 0) is 4.79 Å². The highest BCUT2D eigenvalue weighted by Crippen LogP contribution is 2.21. The highest BCUT2D eigenvalue weighted by Gasteiger charge is 2.29. The molecule has 0 radical (unpaired) electrons. The molecule has 0 aromatic rings. The maximum Gasteiger partial charge on any atom is 0.240 e. The maximum atomic E-state index is 12.1. The predicted molar refractivity (Wildman–Crippen MR) is 75.6 cm³/mol. The van der Waals surface area contributed by atoms with Crippen molar-refractivity contribution in [1.82, 2.24) is 15.1 Å². The summed E-state index contributed by atoms with van der Waals surface area (Å²) in [5, 5.41) is 12.3. The van der Waals surface area contributed by atoms with Gasteiger partial charge in [0.15, 0.2) is 0 Å². The van der Waals surface area contributed by atoms with Crippen LogP contribution in [0.5, 0.6) is 0 Å². The molecule has 1 fully saturated rings. The van der Waals surface area contributed by atoms with Crippen LogP contribution in [-0.4, -0.2) is 62.0 Å². The van der Waals surface area contributed by atoms with Crippen LogP contribution in [0, 0.1) is 16.7 Å². The van der Waals surface area contributed by atoms with Crippen LogP contribution in [0.15, 0.2) is 0 Å². The summed E-state index contributed by atoms with van der Waals surface area (Å²) >= 11 is 0. The molecule has 0 saturated carbocycles. The Hall–Kier alpha value is -1.12. The van der Waals surface area contributed by atoms with E-state index in [9.17, 15) is 4.79 Å². The Bertz CT molecular complexity index is 346. The van der Waals surface area contributed by atoms with E-state index in [1.54, 1.807) is 19.0 Å². The molecule has 1 N–H and O–H groups in total. The molecule has 1 aliphatic rings. The molecule has 1 atom stereocenters. The Labute approximate surface area is 116 Å². The van der Waals surface area contributed by atoms with Crippen LogP contribution in [0.1, 0.15) is 26.7 Å². The third kappa shape index (κ3) is 4.81. The third-order valence-electron chi connectivity index (χ3n) is 3.63. The van der Waals surface area contributed by atoms with Crippen molar-refractivity contribution in [2.24, 2.45) is 5.41 Å². The van der Waals surface area contributed by atoms with E-state index in [-0.39, 0.29) is 17.4 Å². The van der Waals surface area contributed by atoms with Crippen molar-refractivity contribution >= 4 is 5.91 Å². The molecule has 1 heterocycles. The molecule has 0 aromatic heterocycles. The summed E-state index contributed by atoms with van der Waals surface area (Å²) in [6.07, 6.45) is 1.83. The Morgan fingerprint density at radius 1 is 1.53 bits per heavy atom. The fraction of sp³-hybridized carbons (Fsp3) is 0.857. The van der Waals surface area contributed by atoms with Gasteiger partial charge in [0.25, 0.3) is 0 Å². The maximum absolute atomic E-state index is 12.1. The van der Waals surface area contributed by atoms with E-state index in [4.69, 9.17) is 5.26 Å². The van der Waals surface area contributed by atoms with E-state index < -0.39 is 0 Å². The van der Waals surface area contributed by atoms with E-state index in [2.05, 4.69) is 16.3 Å². The van der Waals surface area contributed by atoms with Gasteiger partial charge in [0.1, 0.15) is 6.04 Å². The minimum Gasteiger partial charge on any atom is -0.347 e. The third-order valence-corrected chi connectivity index (χ3v) is 3.63. The molecule has 5 heteroatoms. The first-order valence-electron chi connectivity index (χ1n) is 6.94. The zero-order valence-electron chi connectivity index (χ0n) is 12.6. The smallest absolute Gasteiger partial charge is 0.240 e. The number of hydrogen-bond acceptors (Lipinski definition) is 4. The van der Waals surface area contributed by atoms with Gasteiger partial charge in [0.05, 0.1) is 11.5 Å². The molecule has 0 aliphatic carbocycles. The SMILES string of the molecule is CN(C)C(=O)C1CNCCN1CCCC(C)(C)C#N. The fourth-order valence-corrected chi connectivity index (χ4v) is 2.34. The summed E-state index contributed by atoms with van der Waals surface area (Å²) in [7, 11) is 3.60. The van der Waals surface area contributed by atoms with Gasteiger partial charge in [0.2, 0.25) is 5.91 Å².